The summed E-state index contributed by atoms with van der Waals surface area (Å²) in [6, 6.07) is 39.2. The van der Waals surface area contributed by atoms with Gasteiger partial charge >= 0.3 is 0 Å². The fourth-order valence-corrected chi connectivity index (χ4v) is 6.48. The lowest BCUT2D eigenvalue weighted by molar-refractivity contribution is -0.185. The molecule has 0 radical (unpaired) electrons. The van der Waals surface area contributed by atoms with E-state index in [1.807, 2.05) is 121 Å². The Kier molecular flexibility index (Phi) is 7.10. The van der Waals surface area contributed by atoms with Crippen LogP contribution in [0.3, 0.4) is 0 Å². The second-order valence-corrected chi connectivity index (χ2v) is 11.6. The molecule has 6 rings (SSSR count). The molecule has 0 amide bonds. The molecule has 6 heteroatoms. The van der Waals surface area contributed by atoms with Crippen molar-refractivity contribution < 1.29 is 24.4 Å². The van der Waals surface area contributed by atoms with Gasteiger partial charge in [-0.1, -0.05) is 135 Å². The van der Waals surface area contributed by atoms with Crippen LogP contribution in [0.15, 0.2) is 121 Å². The van der Waals surface area contributed by atoms with Crippen LogP contribution in [0.4, 0.5) is 0 Å². The number of nitrogens with two attached hydrogens (primary N) is 1. The fraction of sp³-hybridized carbons (Fsp3) is 0.314. The van der Waals surface area contributed by atoms with Gasteiger partial charge in [0.25, 0.3) is 0 Å². The Bertz CT molecular complexity index is 1350. The van der Waals surface area contributed by atoms with E-state index in [0.29, 0.717) is 0 Å². The van der Waals surface area contributed by atoms with E-state index in [9.17, 15) is 10.2 Å². The highest BCUT2D eigenvalue weighted by Crippen LogP contribution is 2.72. The van der Waals surface area contributed by atoms with Crippen LogP contribution in [-0.4, -0.2) is 46.5 Å². The molecule has 2 aliphatic rings. The molecule has 4 N–H and O–H groups in total. The van der Waals surface area contributed by atoms with E-state index >= 15 is 0 Å². The summed E-state index contributed by atoms with van der Waals surface area (Å²) in [6.45, 7) is 3.86. The van der Waals surface area contributed by atoms with Gasteiger partial charge in [-0.25, -0.2) is 0 Å². The van der Waals surface area contributed by atoms with E-state index in [-0.39, 0.29) is 13.2 Å². The number of hydrogen-bond donors (Lipinski definition) is 3. The van der Waals surface area contributed by atoms with Crippen molar-refractivity contribution in [1.82, 2.24) is 0 Å². The van der Waals surface area contributed by atoms with E-state index in [0.717, 1.165) is 22.3 Å². The number of aliphatic hydroxyl groups is 2. The first kappa shape index (κ1) is 27.8. The van der Waals surface area contributed by atoms with Crippen molar-refractivity contribution in [3.63, 3.8) is 0 Å². The predicted octanol–water partition coefficient (Wildman–Crippen LogP) is 4.77. The molecule has 2 fully saturated rings. The maximum atomic E-state index is 11.7. The third-order valence-electron chi connectivity index (χ3n) is 9.00. The van der Waals surface area contributed by atoms with Crippen molar-refractivity contribution >= 4 is 0 Å². The van der Waals surface area contributed by atoms with Gasteiger partial charge in [0.1, 0.15) is 17.8 Å². The summed E-state index contributed by atoms with van der Waals surface area (Å²) in [5.74, 6) is -1.76. The van der Waals surface area contributed by atoms with Crippen LogP contribution >= 0.6 is 0 Å². The van der Waals surface area contributed by atoms with Gasteiger partial charge in [0, 0.05) is 0 Å². The molecule has 212 valence electrons. The standard InChI is InChI=1S/C35H37NO5/c1-32(2)34(37)31(39-23-25-15-7-3-8-16-25)30(41-35(32,34)38)29(36)24-40-33(26-17-9-4-10-18-26,27-19-11-5-12-20-27)28-21-13-6-14-22-28/h3-22,29-31,37-38H,23-24,36H2,1-2H3/t29-,30-,31+,34+,35+/m1/s1. The van der Waals surface area contributed by atoms with E-state index in [1.54, 1.807) is 13.8 Å². The summed E-state index contributed by atoms with van der Waals surface area (Å²) in [5, 5.41) is 23.0. The molecule has 1 heterocycles. The molecule has 1 aliphatic heterocycles. The average Bonchev–Trinajstić information content (AvgIpc) is 3.20. The molecule has 0 unspecified atom stereocenters. The minimum Gasteiger partial charge on any atom is -0.381 e. The monoisotopic (exact) mass is 551 g/mol. The number of rotatable bonds is 10. The molecule has 1 aliphatic carbocycles. The lowest BCUT2D eigenvalue weighted by atomic mass is 9.80. The van der Waals surface area contributed by atoms with Crippen molar-refractivity contribution in [3.05, 3.63) is 144 Å². The molecule has 4 aromatic rings. The van der Waals surface area contributed by atoms with Crippen LogP contribution < -0.4 is 5.73 Å². The van der Waals surface area contributed by atoms with Crippen LogP contribution in [0.2, 0.25) is 0 Å². The topological polar surface area (TPSA) is 94.2 Å². The van der Waals surface area contributed by atoms with Gasteiger partial charge in [-0.05, 0) is 22.3 Å². The van der Waals surface area contributed by atoms with Crippen LogP contribution in [0.1, 0.15) is 36.1 Å². The molecule has 0 aromatic heterocycles. The van der Waals surface area contributed by atoms with Gasteiger partial charge in [-0.3, -0.25) is 0 Å². The Hall–Kier alpha value is -3.36. The second-order valence-electron chi connectivity index (χ2n) is 11.6. The van der Waals surface area contributed by atoms with Crippen LogP contribution in [0.5, 0.6) is 0 Å². The summed E-state index contributed by atoms with van der Waals surface area (Å²) >= 11 is 0. The number of ether oxygens (including phenoxy) is 3. The first-order chi connectivity index (χ1) is 19.8. The number of hydrogen-bond acceptors (Lipinski definition) is 6. The van der Waals surface area contributed by atoms with Crippen molar-refractivity contribution in [2.75, 3.05) is 6.61 Å². The fourth-order valence-electron chi connectivity index (χ4n) is 6.48. The Morgan fingerprint density at radius 2 is 1.20 bits per heavy atom. The zero-order chi connectivity index (χ0) is 28.7. The normalized spacial score (nSPS) is 27.2. The quantitative estimate of drug-likeness (QED) is 0.246. The zero-order valence-corrected chi connectivity index (χ0v) is 23.4. The third-order valence-corrected chi connectivity index (χ3v) is 9.00. The molecule has 1 saturated heterocycles. The molecular formula is C35H37NO5. The largest absolute Gasteiger partial charge is 0.381 e. The van der Waals surface area contributed by atoms with E-state index in [2.05, 4.69) is 0 Å². The van der Waals surface area contributed by atoms with Gasteiger partial charge in [0.2, 0.25) is 5.79 Å². The minimum absolute atomic E-state index is 0.0706. The maximum absolute atomic E-state index is 11.7. The Morgan fingerprint density at radius 3 is 1.66 bits per heavy atom. The van der Waals surface area contributed by atoms with Crippen molar-refractivity contribution in [3.8, 4) is 0 Å². The van der Waals surface area contributed by atoms with Gasteiger partial charge in [0.05, 0.1) is 24.7 Å². The van der Waals surface area contributed by atoms with E-state index < -0.39 is 40.7 Å². The lowest BCUT2D eigenvalue weighted by Crippen LogP contribution is -2.53. The zero-order valence-electron chi connectivity index (χ0n) is 23.4. The molecule has 0 spiro atoms. The highest BCUT2D eigenvalue weighted by atomic mass is 16.7. The average molecular weight is 552 g/mol. The lowest BCUT2D eigenvalue weighted by Gasteiger charge is -2.38. The Morgan fingerprint density at radius 1 is 0.756 bits per heavy atom. The van der Waals surface area contributed by atoms with Crippen LogP contribution in [-0.2, 0) is 26.4 Å². The van der Waals surface area contributed by atoms with Gasteiger partial charge in [-0.15, -0.1) is 0 Å². The molecule has 1 saturated carbocycles. The molecule has 4 aromatic carbocycles. The van der Waals surface area contributed by atoms with Crippen molar-refractivity contribution in [1.29, 1.82) is 0 Å². The van der Waals surface area contributed by atoms with E-state index in [4.69, 9.17) is 19.9 Å². The molecular weight excluding hydrogens is 514 g/mol. The van der Waals surface area contributed by atoms with Gasteiger partial charge in [-0.2, -0.15) is 0 Å². The van der Waals surface area contributed by atoms with E-state index in [1.165, 1.54) is 0 Å². The second kappa shape index (κ2) is 10.5. The predicted molar refractivity (Wildman–Crippen MR) is 157 cm³/mol. The maximum Gasteiger partial charge on any atom is 0.207 e. The first-order valence-electron chi connectivity index (χ1n) is 14.1. The molecule has 41 heavy (non-hydrogen) atoms. The van der Waals surface area contributed by atoms with Gasteiger partial charge < -0.3 is 30.2 Å². The third kappa shape index (κ3) is 4.26. The number of benzene rings is 4. The number of fused-ring (bicyclic) bond motifs is 1. The summed E-state index contributed by atoms with van der Waals surface area (Å²) in [5.41, 5.74) is 7.14. The first-order valence-corrected chi connectivity index (χ1v) is 14.1. The highest BCUT2D eigenvalue weighted by molar-refractivity contribution is 5.47. The smallest absolute Gasteiger partial charge is 0.207 e. The minimum atomic E-state index is -1.76. The Labute approximate surface area is 241 Å². The van der Waals surface area contributed by atoms with Gasteiger partial charge in [0.15, 0.2) is 5.60 Å². The summed E-state index contributed by atoms with van der Waals surface area (Å²) in [6.07, 6.45) is -1.66. The highest BCUT2D eigenvalue weighted by Gasteiger charge is 2.92. The molecule has 6 nitrogen and oxygen atoms in total. The van der Waals surface area contributed by atoms with Crippen LogP contribution in [0, 0.1) is 5.41 Å². The SMILES string of the molecule is CC1(C)[C@]2(O)O[C@H]([C@H](N)COC(c3ccccc3)(c3ccccc3)c3ccccc3)[C@H](OCc3ccccc3)[C@]12O. The molecule has 0 bridgehead atoms. The summed E-state index contributed by atoms with van der Waals surface area (Å²) in [4.78, 5) is 0. The van der Waals surface area contributed by atoms with Crippen LogP contribution in [0.25, 0.3) is 0 Å². The Balaban J connectivity index is 1.33. The summed E-state index contributed by atoms with van der Waals surface area (Å²) in [7, 11) is 0. The molecule has 5 atom stereocenters. The van der Waals surface area contributed by atoms with Crippen molar-refractivity contribution in [2.24, 2.45) is 11.1 Å². The van der Waals surface area contributed by atoms with Crippen molar-refractivity contribution in [2.45, 2.75) is 55.7 Å². The summed E-state index contributed by atoms with van der Waals surface area (Å²) < 4.78 is 19.4.